The van der Waals surface area contributed by atoms with Gasteiger partial charge < -0.3 is 0 Å². The fourth-order valence-corrected chi connectivity index (χ4v) is 3.36. The molecular formula is C13H6Cl4. The molecule has 0 radical (unpaired) electrons. The largest absolute Gasteiger partial charge is 0.113 e. The normalized spacial score (nSPS) is 16.8. The van der Waals surface area contributed by atoms with Crippen LogP contribution in [-0.4, -0.2) is 0 Å². The fourth-order valence-electron chi connectivity index (χ4n) is 2.22. The Kier molecular flexibility index (Phi) is 2.79. The molecule has 0 N–H and O–H groups in total. The molecule has 3 rings (SSSR count). The van der Waals surface area contributed by atoms with E-state index in [0.29, 0.717) is 15.1 Å². The molecule has 86 valence electrons. The van der Waals surface area contributed by atoms with E-state index in [-0.39, 0.29) is 5.38 Å². The van der Waals surface area contributed by atoms with Crippen LogP contribution in [0.25, 0.3) is 11.1 Å². The summed E-state index contributed by atoms with van der Waals surface area (Å²) >= 11 is 24.6. The van der Waals surface area contributed by atoms with Crippen molar-refractivity contribution in [3.05, 3.63) is 56.5 Å². The molecule has 1 unspecified atom stereocenters. The first-order chi connectivity index (χ1) is 8.08. The molecule has 2 aromatic carbocycles. The number of hydrogen-bond acceptors (Lipinski definition) is 0. The lowest BCUT2D eigenvalue weighted by Crippen LogP contribution is -1.86. The van der Waals surface area contributed by atoms with E-state index in [4.69, 9.17) is 46.4 Å². The van der Waals surface area contributed by atoms with Crippen molar-refractivity contribution in [2.24, 2.45) is 0 Å². The molecule has 0 saturated heterocycles. The minimum atomic E-state index is -0.241. The third-order valence-corrected chi connectivity index (χ3v) is 4.14. The highest BCUT2D eigenvalue weighted by molar-refractivity contribution is 6.38. The lowest BCUT2D eigenvalue weighted by atomic mass is 10.1. The van der Waals surface area contributed by atoms with Gasteiger partial charge in [-0.1, -0.05) is 40.9 Å². The van der Waals surface area contributed by atoms with Gasteiger partial charge in [0.25, 0.3) is 0 Å². The highest BCUT2D eigenvalue weighted by atomic mass is 35.5. The quantitative estimate of drug-likeness (QED) is 0.527. The van der Waals surface area contributed by atoms with Crippen LogP contribution in [0.2, 0.25) is 15.1 Å². The van der Waals surface area contributed by atoms with Gasteiger partial charge in [-0.2, -0.15) is 0 Å². The van der Waals surface area contributed by atoms with Crippen LogP contribution in [0, 0.1) is 0 Å². The van der Waals surface area contributed by atoms with E-state index in [1.54, 1.807) is 6.07 Å². The summed E-state index contributed by atoms with van der Waals surface area (Å²) in [6.45, 7) is 0. The number of benzene rings is 2. The van der Waals surface area contributed by atoms with Gasteiger partial charge in [0.1, 0.15) is 0 Å². The molecule has 0 saturated carbocycles. The Morgan fingerprint density at radius 1 is 0.824 bits per heavy atom. The molecule has 0 fully saturated rings. The summed E-state index contributed by atoms with van der Waals surface area (Å²) in [5.41, 5.74) is 3.92. The highest BCUT2D eigenvalue weighted by Gasteiger charge is 2.29. The second-order valence-corrected chi connectivity index (χ2v) is 5.66. The van der Waals surface area contributed by atoms with Gasteiger partial charge in [-0.05, 0) is 41.0 Å². The van der Waals surface area contributed by atoms with Crippen molar-refractivity contribution < 1.29 is 0 Å². The van der Waals surface area contributed by atoms with Crippen molar-refractivity contribution >= 4 is 46.4 Å². The lowest BCUT2D eigenvalue weighted by molar-refractivity contribution is 1.20. The van der Waals surface area contributed by atoms with E-state index in [0.717, 1.165) is 22.3 Å². The summed E-state index contributed by atoms with van der Waals surface area (Å²) in [5.74, 6) is 0. The van der Waals surface area contributed by atoms with Gasteiger partial charge in [0.05, 0.1) is 10.4 Å². The molecule has 0 heterocycles. The van der Waals surface area contributed by atoms with Crippen LogP contribution in [0.15, 0.2) is 30.3 Å². The Balaban J connectivity index is 2.35. The molecule has 1 atom stereocenters. The third-order valence-electron chi connectivity index (χ3n) is 2.91. The molecule has 17 heavy (non-hydrogen) atoms. The monoisotopic (exact) mass is 302 g/mol. The molecule has 4 heteroatoms. The summed E-state index contributed by atoms with van der Waals surface area (Å²) in [5, 5.41) is 1.65. The maximum Gasteiger partial charge on any atom is 0.0848 e. The maximum atomic E-state index is 6.41. The standard InChI is InChI=1S/C13H6Cl4/c14-6-1-2-8-9(3-6)13(17)10-4-7(15)5-11(16)12(8)10/h1-5,13H. The van der Waals surface area contributed by atoms with E-state index in [1.807, 2.05) is 24.3 Å². The van der Waals surface area contributed by atoms with Crippen LogP contribution in [0.5, 0.6) is 0 Å². The van der Waals surface area contributed by atoms with Crippen molar-refractivity contribution in [1.29, 1.82) is 0 Å². The molecule has 0 bridgehead atoms. The maximum absolute atomic E-state index is 6.41. The van der Waals surface area contributed by atoms with Crippen LogP contribution in [0.4, 0.5) is 0 Å². The average molecular weight is 304 g/mol. The molecule has 0 aromatic heterocycles. The zero-order valence-corrected chi connectivity index (χ0v) is 11.5. The molecule has 0 aliphatic heterocycles. The molecular weight excluding hydrogens is 298 g/mol. The Morgan fingerprint density at radius 2 is 1.53 bits per heavy atom. The zero-order chi connectivity index (χ0) is 12.2. The molecule has 1 aliphatic carbocycles. The zero-order valence-electron chi connectivity index (χ0n) is 8.48. The van der Waals surface area contributed by atoms with Crippen molar-refractivity contribution in [3.63, 3.8) is 0 Å². The second kappa shape index (κ2) is 4.07. The predicted octanol–water partition coefficient (Wildman–Crippen LogP) is 5.96. The second-order valence-electron chi connectivity index (χ2n) is 3.95. The summed E-state index contributed by atoms with van der Waals surface area (Å²) in [6, 6.07) is 9.24. The lowest BCUT2D eigenvalue weighted by Gasteiger charge is -2.05. The molecule has 0 spiro atoms. The summed E-state index contributed by atoms with van der Waals surface area (Å²) in [6.07, 6.45) is 0. The van der Waals surface area contributed by atoms with Gasteiger partial charge >= 0.3 is 0 Å². The van der Waals surface area contributed by atoms with Crippen LogP contribution < -0.4 is 0 Å². The van der Waals surface area contributed by atoms with Crippen molar-refractivity contribution in [3.8, 4) is 11.1 Å². The predicted molar refractivity (Wildman–Crippen MR) is 74.6 cm³/mol. The van der Waals surface area contributed by atoms with Gasteiger partial charge in [0, 0.05) is 15.6 Å². The number of halogens is 4. The molecule has 0 amide bonds. The SMILES string of the molecule is Clc1ccc2c(c1)C(Cl)c1cc(Cl)cc(Cl)c1-2. The highest BCUT2D eigenvalue weighted by Crippen LogP contribution is 2.51. The Labute approximate surface area is 119 Å². The minimum absolute atomic E-state index is 0.241. The van der Waals surface area contributed by atoms with Crippen LogP contribution in [0.3, 0.4) is 0 Å². The van der Waals surface area contributed by atoms with Crippen molar-refractivity contribution in [1.82, 2.24) is 0 Å². The molecule has 2 aromatic rings. The first-order valence-corrected chi connectivity index (χ1v) is 6.58. The Hall–Kier alpha value is -0.400. The average Bonchev–Trinajstić information content (AvgIpc) is 2.53. The number of hydrogen-bond donors (Lipinski definition) is 0. The van der Waals surface area contributed by atoms with Crippen LogP contribution in [0.1, 0.15) is 16.5 Å². The third kappa shape index (κ3) is 1.75. The van der Waals surface area contributed by atoms with E-state index in [1.165, 1.54) is 0 Å². The summed E-state index contributed by atoms with van der Waals surface area (Å²) < 4.78 is 0. The van der Waals surface area contributed by atoms with E-state index < -0.39 is 0 Å². The van der Waals surface area contributed by atoms with Gasteiger partial charge in [-0.3, -0.25) is 0 Å². The first-order valence-electron chi connectivity index (χ1n) is 5.01. The number of fused-ring (bicyclic) bond motifs is 3. The summed E-state index contributed by atoms with van der Waals surface area (Å²) in [4.78, 5) is 0. The van der Waals surface area contributed by atoms with Gasteiger partial charge in [-0.25, -0.2) is 0 Å². The first kappa shape index (κ1) is 11.7. The number of rotatable bonds is 0. The Bertz CT molecular complexity index is 619. The van der Waals surface area contributed by atoms with E-state index in [2.05, 4.69) is 0 Å². The van der Waals surface area contributed by atoms with E-state index in [9.17, 15) is 0 Å². The van der Waals surface area contributed by atoms with Crippen LogP contribution >= 0.6 is 46.4 Å². The number of alkyl halides is 1. The van der Waals surface area contributed by atoms with Gasteiger partial charge in [-0.15, -0.1) is 11.6 Å². The van der Waals surface area contributed by atoms with Gasteiger partial charge in [0.2, 0.25) is 0 Å². The topological polar surface area (TPSA) is 0 Å². The Morgan fingerprint density at radius 3 is 2.29 bits per heavy atom. The summed E-state index contributed by atoms with van der Waals surface area (Å²) in [7, 11) is 0. The molecule has 0 nitrogen and oxygen atoms in total. The van der Waals surface area contributed by atoms with Crippen molar-refractivity contribution in [2.45, 2.75) is 5.38 Å². The van der Waals surface area contributed by atoms with Gasteiger partial charge in [0.15, 0.2) is 0 Å². The smallest absolute Gasteiger partial charge is 0.0848 e. The van der Waals surface area contributed by atoms with Crippen molar-refractivity contribution in [2.75, 3.05) is 0 Å². The fraction of sp³-hybridized carbons (Fsp3) is 0.0769. The van der Waals surface area contributed by atoms with E-state index >= 15 is 0 Å². The van der Waals surface area contributed by atoms with Crippen LogP contribution in [-0.2, 0) is 0 Å². The molecule has 1 aliphatic rings. The minimum Gasteiger partial charge on any atom is -0.113 e.